The van der Waals surface area contributed by atoms with Gasteiger partial charge in [0.1, 0.15) is 17.9 Å². The molecule has 9 nitrogen and oxygen atoms in total. The Labute approximate surface area is 203 Å². The molecule has 0 unspecified atom stereocenters. The Kier molecular flexibility index (Phi) is 7.57. The van der Waals surface area contributed by atoms with Crippen LogP contribution in [0, 0.1) is 5.82 Å². The summed E-state index contributed by atoms with van der Waals surface area (Å²) in [5, 5.41) is 15.1. The second-order valence-electron chi connectivity index (χ2n) is 7.53. The second kappa shape index (κ2) is 10.6. The quantitative estimate of drug-likeness (QED) is 0.549. The van der Waals surface area contributed by atoms with Crippen molar-refractivity contribution in [2.75, 3.05) is 32.9 Å². The van der Waals surface area contributed by atoms with Gasteiger partial charge >= 0.3 is 11.9 Å². The van der Waals surface area contributed by atoms with Gasteiger partial charge in [-0.05, 0) is 24.6 Å². The van der Waals surface area contributed by atoms with Crippen LogP contribution in [0.4, 0.5) is 4.39 Å². The zero-order valence-electron chi connectivity index (χ0n) is 18.2. The molecular weight excluding hydrogens is 487 g/mol. The Balaban J connectivity index is 1.82. The number of carbonyl (C=O) groups is 2. The number of morpholine rings is 1. The van der Waals surface area contributed by atoms with E-state index in [1.807, 2.05) is 0 Å². The summed E-state index contributed by atoms with van der Waals surface area (Å²) < 4.78 is 25.0. The molecular formula is C22H22ClFN4O5S. The third-order valence-corrected chi connectivity index (χ3v) is 6.49. The van der Waals surface area contributed by atoms with Crippen molar-refractivity contribution in [1.29, 1.82) is 0 Å². The van der Waals surface area contributed by atoms with Crippen molar-refractivity contribution in [2.45, 2.75) is 19.0 Å². The zero-order chi connectivity index (χ0) is 24.2. The van der Waals surface area contributed by atoms with E-state index in [-0.39, 0.29) is 30.4 Å². The molecule has 2 N–H and O–H groups in total. The van der Waals surface area contributed by atoms with Crippen molar-refractivity contribution < 1.29 is 28.6 Å². The van der Waals surface area contributed by atoms with Gasteiger partial charge in [0.15, 0.2) is 10.8 Å². The lowest BCUT2D eigenvalue weighted by atomic mass is 9.95. The van der Waals surface area contributed by atoms with Gasteiger partial charge in [-0.1, -0.05) is 17.7 Å². The Hall–Kier alpha value is -2.86. The van der Waals surface area contributed by atoms with E-state index in [2.05, 4.69) is 15.3 Å². The first-order valence-corrected chi connectivity index (χ1v) is 11.8. The molecule has 34 heavy (non-hydrogen) atoms. The molecule has 2 aliphatic heterocycles. The molecule has 0 bridgehead atoms. The van der Waals surface area contributed by atoms with Crippen LogP contribution in [0.2, 0.25) is 5.02 Å². The minimum Gasteiger partial charge on any atom is -0.480 e. The lowest BCUT2D eigenvalue weighted by Crippen LogP contribution is -2.52. The summed E-state index contributed by atoms with van der Waals surface area (Å²) in [5.74, 6) is -1.92. The SMILES string of the molecule is CCOC(=O)C1=C(CN2CCOC[C@H]2C(=O)O)NC(c2nccs2)=N[C@H]1c1ccc(Cl)c(F)c1. The largest absolute Gasteiger partial charge is 0.480 e. The molecule has 2 atom stereocenters. The Morgan fingerprint density at radius 1 is 1.44 bits per heavy atom. The molecule has 180 valence electrons. The van der Waals surface area contributed by atoms with E-state index in [9.17, 15) is 19.1 Å². The monoisotopic (exact) mass is 508 g/mol. The molecule has 0 spiro atoms. The summed E-state index contributed by atoms with van der Waals surface area (Å²) in [4.78, 5) is 35.6. The van der Waals surface area contributed by atoms with Gasteiger partial charge < -0.3 is 19.9 Å². The van der Waals surface area contributed by atoms with E-state index in [0.717, 1.165) is 0 Å². The number of nitrogens with zero attached hydrogens (tertiary/aromatic N) is 3. The van der Waals surface area contributed by atoms with E-state index in [1.54, 1.807) is 29.5 Å². The number of amidine groups is 1. The van der Waals surface area contributed by atoms with E-state index < -0.39 is 29.8 Å². The van der Waals surface area contributed by atoms with Crippen LogP contribution >= 0.6 is 22.9 Å². The molecule has 1 aromatic carbocycles. The number of hydrogen-bond acceptors (Lipinski definition) is 9. The lowest BCUT2D eigenvalue weighted by Gasteiger charge is -2.35. The van der Waals surface area contributed by atoms with Crippen LogP contribution in [0.1, 0.15) is 23.5 Å². The van der Waals surface area contributed by atoms with Gasteiger partial charge in [0.05, 0.1) is 30.4 Å². The molecule has 2 aliphatic rings. The average Bonchev–Trinajstić information content (AvgIpc) is 3.36. The molecule has 0 saturated carbocycles. The fraction of sp³-hybridized carbons (Fsp3) is 0.364. The third kappa shape index (κ3) is 5.12. The van der Waals surface area contributed by atoms with Gasteiger partial charge in [-0.15, -0.1) is 11.3 Å². The number of esters is 1. The predicted molar refractivity (Wildman–Crippen MR) is 123 cm³/mol. The first-order chi connectivity index (χ1) is 16.4. The summed E-state index contributed by atoms with van der Waals surface area (Å²) in [6.45, 7) is 2.61. The van der Waals surface area contributed by atoms with Crippen LogP contribution in [0.5, 0.6) is 0 Å². The maximum Gasteiger partial charge on any atom is 0.338 e. The molecule has 1 aromatic heterocycles. The number of carbonyl (C=O) groups excluding carboxylic acids is 1. The maximum absolute atomic E-state index is 14.4. The summed E-state index contributed by atoms with van der Waals surface area (Å²) in [5.41, 5.74) is 0.974. The van der Waals surface area contributed by atoms with Crippen molar-refractivity contribution in [3.63, 3.8) is 0 Å². The van der Waals surface area contributed by atoms with E-state index in [0.29, 0.717) is 35.3 Å². The molecule has 0 aliphatic carbocycles. The summed E-state index contributed by atoms with van der Waals surface area (Å²) in [6, 6.07) is 2.42. The number of thiazole rings is 1. The van der Waals surface area contributed by atoms with Crippen LogP contribution < -0.4 is 5.32 Å². The Bertz CT molecular complexity index is 1140. The molecule has 1 saturated heterocycles. The van der Waals surface area contributed by atoms with E-state index >= 15 is 0 Å². The third-order valence-electron chi connectivity index (χ3n) is 5.40. The predicted octanol–water partition coefficient (Wildman–Crippen LogP) is 2.63. The van der Waals surface area contributed by atoms with Crippen LogP contribution in [-0.2, 0) is 19.1 Å². The highest BCUT2D eigenvalue weighted by molar-refractivity contribution is 7.11. The van der Waals surface area contributed by atoms with Crippen LogP contribution in [-0.4, -0.2) is 71.7 Å². The number of aliphatic carboxylic acids is 1. The van der Waals surface area contributed by atoms with Gasteiger partial charge in [-0.3, -0.25) is 14.7 Å². The second-order valence-corrected chi connectivity index (χ2v) is 8.83. The number of halogens is 2. The van der Waals surface area contributed by atoms with Crippen molar-refractivity contribution in [2.24, 2.45) is 4.99 Å². The molecule has 1 fully saturated rings. The minimum atomic E-state index is -1.03. The molecule has 0 amide bonds. The van der Waals surface area contributed by atoms with Crippen molar-refractivity contribution in [1.82, 2.24) is 15.2 Å². The Morgan fingerprint density at radius 2 is 2.26 bits per heavy atom. The molecule has 3 heterocycles. The minimum absolute atomic E-state index is 0.0244. The lowest BCUT2D eigenvalue weighted by molar-refractivity contribution is -0.149. The summed E-state index contributed by atoms with van der Waals surface area (Å²) in [6.07, 6.45) is 1.62. The van der Waals surface area contributed by atoms with Gasteiger partial charge in [0, 0.05) is 30.4 Å². The highest BCUT2D eigenvalue weighted by Crippen LogP contribution is 2.34. The number of carboxylic acids is 1. The first kappa shape index (κ1) is 24.3. The highest BCUT2D eigenvalue weighted by Gasteiger charge is 2.36. The van der Waals surface area contributed by atoms with Crippen molar-refractivity contribution >= 4 is 40.7 Å². The highest BCUT2D eigenvalue weighted by atomic mass is 35.5. The number of carboxylic acid groups (broad SMARTS) is 1. The zero-order valence-corrected chi connectivity index (χ0v) is 19.7. The van der Waals surface area contributed by atoms with Gasteiger partial charge in [0.25, 0.3) is 0 Å². The number of ether oxygens (including phenoxy) is 2. The standard InChI is InChI=1S/C22H22ClFN4O5S/c1-2-33-22(31)17-15(10-28-6-7-32-11-16(28)21(29)30)26-19(20-25-5-8-34-20)27-18(17)12-3-4-13(23)14(24)9-12/h3-5,8-9,16,18H,2,6-7,10-11H2,1H3,(H,26,27)(H,29,30)/t16-,18-/m0/s1. The molecule has 0 radical (unpaired) electrons. The molecule has 12 heteroatoms. The number of hydrogen-bond donors (Lipinski definition) is 2. The number of aromatic nitrogens is 1. The normalized spacial score (nSPS) is 21.1. The van der Waals surface area contributed by atoms with Gasteiger partial charge in [-0.2, -0.15) is 0 Å². The van der Waals surface area contributed by atoms with E-state index in [4.69, 9.17) is 21.1 Å². The topological polar surface area (TPSA) is 113 Å². The van der Waals surface area contributed by atoms with Gasteiger partial charge in [-0.25, -0.2) is 14.2 Å². The van der Waals surface area contributed by atoms with Crippen molar-refractivity contribution in [3.05, 3.63) is 62.5 Å². The maximum atomic E-state index is 14.4. The van der Waals surface area contributed by atoms with Gasteiger partial charge in [0.2, 0.25) is 0 Å². The van der Waals surface area contributed by atoms with Crippen molar-refractivity contribution in [3.8, 4) is 0 Å². The molecule has 2 aromatic rings. The number of benzene rings is 1. The average molecular weight is 509 g/mol. The van der Waals surface area contributed by atoms with E-state index in [1.165, 1.54) is 23.5 Å². The number of nitrogens with one attached hydrogen (secondary N) is 1. The smallest absolute Gasteiger partial charge is 0.338 e. The fourth-order valence-electron chi connectivity index (χ4n) is 3.80. The summed E-state index contributed by atoms with van der Waals surface area (Å²) >= 11 is 7.21. The number of rotatable bonds is 7. The first-order valence-electron chi connectivity index (χ1n) is 10.5. The van der Waals surface area contributed by atoms with Crippen LogP contribution in [0.15, 0.2) is 46.0 Å². The molecule has 4 rings (SSSR count). The summed E-state index contributed by atoms with van der Waals surface area (Å²) in [7, 11) is 0. The Morgan fingerprint density at radius 3 is 2.94 bits per heavy atom. The number of aliphatic imine (C=N–C) groups is 1. The van der Waals surface area contributed by atoms with Crippen LogP contribution in [0.3, 0.4) is 0 Å². The van der Waals surface area contributed by atoms with Crippen LogP contribution in [0.25, 0.3) is 0 Å². The fourth-order valence-corrected chi connectivity index (χ4v) is 4.51.